The van der Waals surface area contributed by atoms with Crippen LogP contribution in [0.15, 0.2) is 12.4 Å². The third-order valence-corrected chi connectivity index (χ3v) is 4.17. The Labute approximate surface area is 89.5 Å². The molecular formula is C12H16N2O. The van der Waals surface area contributed by atoms with Gasteiger partial charge in [-0.25, -0.2) is 4.98 Å². The van der Waals surface area contributed by atoms with Gasteiger partial charge in [0.2, 0.25) is 0 Å². The summed E-state index contributed by atoms with van der Waals surface area (Å²) in [4.78, 5) is 14.8. The van der Waals surface area contributed by atoms with E-state index in [1.54, 1.807) is 6.20 Å². The number of nitrogens with zero attached hydrogens (tertiary/aromatic N) is 2. The Balaban J connectivity index is 1.73. The van der Waals surface area contributed by atoms with Gasteiger partial charge in [-0.05, 0) is 37.0 Å². The fourth-order valence-corrected chi connectivity index (χ4v) is 3.45. The molecule has 3 atom stereocenters. The molecule has 0 aliphatic heterocycles. The Morgan fingerprint density at radius 2 is 2.40 bits per heavy atom. The highest BCUT2D eigenvalue weighted by atomic mass is 16.1. The van der Waals surface area contributed by atoms with E-state index in [4.69, 9.17) is 0 Å². The quantitative estimate of drug-likeness (QED) is 0.707. The number of hydrogen-bond acceptors (Lipinski definition) is 2. The van der Waals surface area contributed by atoms with E-state index in [0.717, 1.165) is 30.6 Å². The fourth-order valence-electron chi connectivity index (χ4n) is 3.45. The molecule has 3 unspecified atom stereocenters. The van der Waals surface area contributed by atoms with Gasteiger partial charge in [-0.1, -0.05) is 6.42 Å². The summed E-state index contributed by atoms with van der Waals surface area (Å²) in [7, 11) is 0. The van der Waals surface area contributed by atoms with Crippen LogP contribution < -0.4 is 0 Å². The lowest BCUT2D eigenvalue weighted by atomic mass is 9.89. The molecule has 0 spiro atoms. The van der Waals surface area contributed by atoms with Gasteiger partial charge in [0.05, 0.1) is 0 Å². The minimum absolute atomic E-state index is 0.581. The van der Waals surface area contributed by atoms with Crippen LogP contribution in [-0.2, 0) is 6.54 Å². The normalized spacial score (nSPS) is 33.5. The summed E-state index contributed by atoms with van der Waals surface area (Å²) in [5, 5.41) is 0. The Morgan fingerprint density at radius 3 is 3.07 bits per heavy atom. The second kappa shape index (κ2) is 3.47. The van der Waals surface area contributed by atoms with Crippen LogP contribution in [0.5, 0.6) is 0 Å². The largest absolute Gasteiger partial charge is 0.328 e. The van der Waals surface area contributed by atoms with E-state index in [2.05, 4.69) is 4.98 Å². The van der Waals surface area contributed by atoms with Crippen molar-refractivity contribution < 1.29 is 4.79 Å². The van der Waals surface area contributed by atoms with Crippen molar-refractivity contribution in [2.45, 2.75) is 32.2 Å². The van der Waals surface area contributed by atoms with Gasteiger partial charge in [-0.2, -0.15) is 0 Å². The van der Waals surface area contributed by atoms with Gasteiger partial charge in [0, 0.05) is 18.9 Å². The van der Waals surface area contributed by atoms with Crippen LogP contribution >= 0.6 is 0 Å². The second-order valence-corrected chi connectivity index (χ2v) is 4.99. The van der Waals surface area contributed by atoms with Crippen molar-refractivity contribution in [3.05, 3.63) is 18.2 Å². The Hall–Kier alpha value is -1.12. The van der Waals surface area contributed by atoms with Crippen LogP contribution in [0.25, 0.3) is 0 Å². The number of aromatic nitrogens is 2. The fraction of sp³-hybridized carbons (Fsp3) is 0.667. The van der Waals surface area contributed by atoms with Crippen LogP contribution in [0.1, 0.15) is 36.3 Å². The molecule has 2 bridgehead atoms. The maximum atomic E-state index is 10.7. The van der Waals surface area contributed by atoms with Gasteiger partial charge in [-0.3, -0.25) is 4.79 Å². The summed E-state index contributed by atoms with van der Waals surface area (Å²) in [6, 6.07) is 0. The van der Waals surface area contributed by atoms with Crippen LogP contribution in [0.2, 0.25) is 0 Å². The van der Waals surface area contributed by atoms with Crippen LogP contribution in [0.4, 0.5) is 0 Å². The summed E-state index contributed by atoms with van der Waals surface area (Å²) in [5.74, 6) is 3.26. The maximum absolute atomic E-state index is 10.7. The molecule has 1 heterocycles. The van der Waals surface area contributed by atoms with Crippen molar-refractivity contribution in [3.8, 4) is 0 Å². The van der Waals surface area contributed by atoms with Crippen molar-refractivity contribution in [3.63, 3.8) is 0 Å². The first-order valence-corrected chi connectivity index (χ1v) is 5.83. The monoisotopic (exact) mass is 204 g/mol. The Kier molecular flexibility index (Phi) is 2.11. The third-order valence-electron chi connectivity index (χ3n) is 4.17. The summed E-state index contributed by atoms with van der Waals surface area (Å²) in [5.41, 5.74) is 0. The number of hydrogen-bond donors (Lipinski definition) is 0. The van der Waals surface area contributed by atoms with Crippen molar-refractivity contribution in [1.29, 1.82) is 0 Å². The molecule has 2 saturated carbocycles. The van der Waals surface area contributed by atoms with E-state index in [1.807, 2.05) is 10.8 Å². The first-order chi connectivity index (χ1) is 7.36. The first-order valence-electron chi connectivity index (χ1n) is 5.83. The molecule has 15 heavy (non-hydrogen) atoms. The Bertz CT molecular complexity index is 371. The second-order valence-electron chi connectivity index (χ2n) is 4.99. The van der Waals surface area contributed by atoms with Crippen molar-refractivity contribution in [1.82, 2.24) is 9.55 Å². The molecule has 2 aliphatic carbocycles. The maximum Gasteiger partial charge on any atom is 0.185 e. The zero-order valence-corrected chi connectivity index (χ0v) is 8.80. The molecule has 1 aromatic heterocycles. The first kappa shape index (κ1) is 9.13. The number of imidazole rings is 1. The predicted octanol–water partition coefficient (Wildman–Crippen LogP) is 2.13. The molecule has 2 fully saturated rings. The minimum atomic E-state index is 0.581. The average Bonchev–Trinajstić information content (AvgIpc) is 2.92. The van der Waals surface area contributed by atoms with E-state index >= 15 is 0 Å². The summed E-state index contributed by atoms with van der Waals surface area (Å²) in [6.45, 7) is 0.995. The molecule has 1 aromatic rings. The van der Waals surface area contributed by atoms with Gasteiger partial charge in [0.15, 0.2) is 12.1 Å². The van der Waals surface area contributed by atoms with Crippen LogP contribution in [-0.4, -0.2) is 15.8 Å². The summed E-state index contributed by atoms with van der Waals surface area (Å²) >= 11 is 0. The third kappa shape index (κ3) is 1.50. The highest BCUT2D eigenvalue weighted by Crippen LogP contribution is 2.48. The molecular weight excluding hydrogens is 188 g/mol. The van der Waals surface area contributed by atoms with Crippen LogP contribution in [0, 0.1) is 17.8 Å². The lowest BCUT2D eigenvalue weighted by Crippen LogP contribution is -2.18. The van der Waals surface area contributed by atoms with Gasteiger partial charge < -0.3 is 4.57 Å². The SMILES string of the molecule is O=Cc1nccn1CC1CC2CCC1C2. The smallest absolute Gasteiger partial charge is 0.185 e. The van der Waals surface area contributed by atoms with Crippen molar-refractivity contribution in [2.24, 2.45) is 17.8 Å². The molecule has 0 saturated heterocycles. The minimum Gasteiger partial charge on any atom is -0.328 e. The number of fused-ring (bicyclic) bond motifs is 2. The summed E-state index contributed by atoms with van der Waals surface area (Å²) in [6.07, 6.45) is 10.1. The molecule has 0 amide bonds. The number of carbonyl (C=O) groups excluding carboxylic acids is 1. The van der Waals surface area contributed by atoms with E-state index in [9.17, 15) is 4.79 Å². The van der Waals surface area contributed by atoms with Crippen LogP contribution in [0.3, 0.4) is 0 Å². The van der Waals surface area contributed by atoms with Gasteiger partial charge >= 0.3 is 0 Å². The molecule has 3 nitrogen and oxygen atoms in total. The molecule has 0 radical (unpaired) electrons. The van der Waals surface area contributed by atoms with E-state index < -0.39 is 0 Å². The van der Waals surface area contributed by atoms with E-state index in [-0.39, 0.29) is 0 Å². The highest BCUT2D eigenvalue weighted by molar-refractivity contribution is 5.69. The average molecular weight is 204 g/mol. The highest BCUT2D eigenvalue weighted by Gasteiger charge is 2.39. The Morgan fingerprint density at radius 1 is 1.47 bits per heavy atom. The van der Waals surface area contributed by atoms with E-state index in [1.165, 1.54) is 25.7 Å². The predicted molar refractivity (Wildman–Crippen MR) is 56.6 cm³/mol. The molecule has 3 rings (SSSR count). The molecule has 80 valence electrons. The van der Waals surface area contributed by atoms with Crippen molar-refractivity contribution in [2.75, 3.05) is 0 Å². The molecule has 0 aromatic carbocycles. The zero-order chi connectivity index (χ0) is 10.3. The molecule has 3 heteroatoms. The lowest BCUT2D eigenvalue weighted by Gasteiger charge is -2.22. The van der Waals surface area contributed by atoms with Crippen molar-refractivity contribution >= 4 is 6.29 Å². The van der Waals surface area contributed by atoms with Gasteiger partial charge in [0.1, 0.15) is 0 Å². The topological polar surface area (TPSA) is 34.9 Å². The lowest BCUT2D eigenvalue weighted by molar-refractivity contribution is 0.110. The standard InChI is InChI=1S/C12H16N2O/c15-8-12-13-3-4-14(12)7-11-6-9-1-2-10(11)5-9/h3-4,8-11H,1-2,5-7H2. The molecule has 0 N–H and O–H groups in total. The van der Waals surface area contributed by atoms with Gasteiger partial charge in [0.25, 0.3) is 0 Å². The molecule has 2 aliphatic rings. The summed E-state index contributed by atoms with van der Waals surface area (Å²) < 4.78 is 2.01. The van der Waals surface area contributed by atoms with E-state index in [0.29, 0.717) is 5.82 Å². The number of aldehydes is 1. The number of carbonyl (C=O) groups is 1. The number of rotatable bonds is 3. The van der Waals surface area contributed by atoms with Gasteiger partial charge in [-0.15, -0.1) is 0 Å². The zero-order valence-electron chi connectivity index (χ0n) is 8.80.